The average Bonchev–Trinajstić information content (AvgIpc) is 2.86. The van der Waals surface area contributed by atoms with Crippen molar-refractivity contribution in [1.82, 2.24) is 10.6 Å². The van der Waals surface area contributed by atoms with Crippen molar-refractivity contribution in [2.24, 2.45) is 5.92 Å². The summed E-state index contributed by atoms with van der Waals surface area (Å²) in [6, 6.07) is 18.4. The zero-order valence-corrected chi connectivity index (χ0v) is 20.4. The van der Waals surface area contributed by atoms with Crippen molar-refractivity contribution in [2.45, 2.75) is 41.4 Å². The topological polar surface area (TPSA) is 148 Å². The van der Waals surface area contributed by atoms with Gasteiger partial charge in [0.05, 0.1) is 13.2 Å². The number of ether oxygens (including phenoxy) is 1. The lowest BCUT2D eigenvalue weighted by molar-refractivity contribution is -0.240. The van der Waals surface area contributed by atoms with Crippen LogP contribution >= 0.6 is 11.8 Å². The van der Waals surface area contributed by atoms with Crippen LogP contribution in [0.2, 0.25) is 0 Å². The Morgan fingerprint density at radius 2 is 1.72 bits per heavy atom. The Bertz CT molecular complexity index is 1350. The fourth-order valence-corrected chi connectivity index (χ4v) is 5.98. The summed E-state index contributed by atoms with van der Waals surface area (Å²) in [4.78, 5) is 27.0. The fraction of sp³-hybridized carbons (Fsp3) is 0.385. The number of aliphatic hydroxyl groups is 4. The van der Waals surface area contributed by atoms with Gasteiger partial charge in [0.2, 0.25) is 5.72 Å². The number of hydrogen-bond acceptors (Lipinski definition) is 8. The highest BCUT2D eigenvalue weighted by Gasteiger charge is 2.64. The number of amides is 2. The normalized spacial score (nSPS) is 28.8. The zero-order chi connectivity index (χ0) is 25.7. The Labute approximate surface area is 211 Å². The van der Waals surface area contributed by atoms with Gasteiger partial charge < -0.3 is 35.8 Å². The number of rotatable bonds is 6. The molecule has 0 aromatic heterocycles. The molecule has 2 bridgehead atoms. The number of carbonyl (C=O) groups is 2. The molecule has 6 N–H and O–H groups in total. The van der Waals surface area contributed by atoms with E-state index >= 15 is 0 Å². The first-order valence-electron chi connectivity index (χ1n) is 11.7. The predicted molar refractivity (Wildman–Crippen MR) is 134 cm³/mol. The van der Waals surface area contributed by atoms with Crippen LogP contribution in [0.1, 0.15) is 13.3 Å². The van der Waals surface area contributed by atoms with Crippen molar-refractivity contribution < 1.29 is 34.8 Å². The molecule has 1 unspecified atom stereocenters. The van der Waals surface area contributed by atoms with Gasteiger partial charge in [-0.15, -0.1) is 11.8 Å². The van der Waals surface area contributed by atoms with Gasteiger partial charge in [0.25, 0.3) is 17.5 Å². The van der Waals surface area contributed by atoms with Gasteiger partial charge in [-0.1, -0.05) is 30.3 Å². The van der Waals surface area contributed by atoms with Crippen molar-refractivity contribution in [1.29, 1.82) is 0 Å². The van der Waals surface area contributed by atoms with E-state index in [1.165, 1.54) is 11.8 Å². The number of piperazine rings is 1. The van der Waals surface area contributed by atoms with Crippen LogP contribution in [0.25, 0.3) is 21.5 Å². The van der Waals surface area contributed by atoms with Gasteiger partial charge in [-0.25, -0.2) is 0 Å². The van der Waals surface area contributed by atoms with Gasteiger partial charge in [-0.05, 0) is 59.2 Å². The van der Waals surface area contributed by atoms with Gasteiger partial charge in [0.1, 0.15) is 11.7 Å². The van der Waals surface area contributed by atoms with E-state index in [-0.39, 0.29) is 13.0 Å². The summed E-state index contributed by atoms with van der Waals surface area (Å²) in [5.41, 5.74) is -6.71. The third kappa shape index (κ3) is 4.03. The van der Waals surface area contributed by atoms with Crippen LogP contribution in [0.3, 0.4) is 0 Å². The number of aliphatic hydroxyl groups excluding tert-OH is 2. The van der Waals surface area contributed by atoms with E-state index in [9.17, 15) is 30.0 Å². The monoisotopic (exact) mass is 512 g/mol. The third-order valence-electron chi connectivity index (χ3n) is 7.10. The minimum atomic E-state index is -2.34. The molecule has 3 aliphatic rings. The highest BCUT2D eigenvalue weighted by Crippen LogP contribution is 2.37. The number of carbonyl (C=O) groups excluding carboxylic acids is 2. The lowest BCUT2D eigenvalue weighted by atomic mass is 9.83. The Balaban J connectivity index is 1.37. The third-order valence-corrected chi connectivity index (χ3v) is 8.25. The van der Waals surface area contributed by atoms with Gasteiger partial charge in [0.15, 0.2) is 0 Å². The maximum Gasteiger partial charge on any atom is 0.278 e. The van der Waals surface area contributed by atoms with Gasteiger partial charge >= 0.3 is 0 Å². The molecule has 0 spiro atoms. The van der Waals surface area contributed by atoms with E-state index in [1.807, 2.05) is 30.3 Å². The molecule has 3 heterocycles. The van der Waals surface area contributed by atoms with Crippen LogP contribution in [0.4, 0.5) is 0 Å². The Morgan fingerprint density at radius 3 is 2.42 bits per heavy atom. The summed E-state index contributed by atoms with van der Waals surface area (Å²) in [7, 11) is 0. The summed E-state index contributed by atoms with van der Waals surface area (Å²) >= 11 is 1.45. The second kappa shape index (κ2) is 8.98. The summed E-state index contributed by atoms with van der Waals surface area (Å²) in [5, 5.41) is 50.7. The van der Waals surface area contributed by atoms with Gasteiger partial charge in [0, 0.05) is 16.6 Å². The van der Waals surface area contributed by atoms with Crippen LogP contribution in [0.15, 0.2) is 59.5 Å². The lowest BCUT2D eigenvalue weighted by Crippen LogP contribution is -2.83. The summed E-state index contributed by atoms with van der Waals surface area (Å²) in [6.07, 6.45) is -1.78. The molecule has 0 saturated carbocycles. The largest absolute Gasteiger partial charge is 0.393 e. The predicted octanol–water partition coefficient (Wildman–Crippen LogP) is 0.857. The van der Waals surface area contributed by atoms with E-state index in [1.54, 1.807) is 0 Å². The number of nitrogens with one attached hydrogen (secondary N) is 2. The SMILES string of the molecule is C[C@@](O)(CO)[C@H](O)[C@@]12NC(=O)[C@@](O)(NC1=O)C(CSc1ccc3cc4ccccc4cc3c1)CCO2. The van der Waals surface area contributed by atoms with E-state index in [4.69, 9.17) is 4.74 Å². The first-order valence-corrected chi connectivity index (χ1v) is 12.7. The quantitative estimate of drug-likeness (QED) is 0.210. The molecule has 9 nitrogen and oxygen atoms in total. The number of thioether (sulfide) groups is 1. The molecule has 190 valence electrons. The molecule has 10 heteroatoms. The summed E-state index contributed by atoms with van der Waals surface area (Å²) in [6.45, 7) is 0.150. The maximum absolute atomic E-state index is 13.0. The molecular formula is C26H28N2O7S. The molecule has 3 saturated heterocycles. The van der Waals surface area contributed by atoms with Crippen molar-refractivity contribution in [2.75, 3.05) is 19.0 Å². The van der Waals surface area contributed by atoms with Crippen LogP contribution in [0.5, 0.6) is 0 Å². The molecule has 0 aliphatic carbocycles. The molecule has 36 heavy (non-hydrogen) atoms. The lowest BCUT2D eigenvalue weighted by Gasteiger charge is -2.51. The summed E-state index contributed by atoms with van der Waals surface area (Å²) < 4.78 is 5.63. The molecule has 3 aromatic carbocycles. The van der Waals surface area contributed by atoms with Gasteiger partial charge in [-0.2, -0.15) is 0 Å². The maximum atomic E-state index is 13.0. The summed E-state index contributed by atoms with van der Waals surface area (Å²) in [5.74, 6) is -2.35. The highest BCUT2D eigenvalue weighted by atomic mass is 32.2. The first kappa shape index (κ1) is 24.9. The van der Waals surface area contributed by atoms with Crippen molar-refractivity contribution in [3.05, 3.63) is 54.6 Å². The first-order chi connectivity index (χ1) is 17.1. The molecule has 6 rings (SSSR count). The number of benzene rings is 3. The minimum absolute atomic E-state index is 0.0798. The Kier molecular flexibility index (Phi) is 6.22. The van der Waals surface area contributed by atoms with E-state index in [0.717, 1.165) is 33.4 Å². The Morgan fingerprint density at radius 1 is 1.06 bits per heavy atom. The molecule has 2 amide bonds. The van der Waals surface area contributed by atoms with Gasteiger partial charge in [-0.3, -0.25) is 9.59 Å². The van der Waals surface area contributed by atoms with E-state index in [2.05, 4.69) is 34.9 Å². The van der Waals surface area contributed by atoms with Crippen molar-refractivity contribution >= 4 is 45.1 Å². The van der Waals surface area contributed by atoms with Crippen molar-refractivity contribution in [3.8, 4) is 0 Å². The fourth-order valence-electron chi connectivity index (χ4n) is 4.81. The molecule has 5 atom stereocenters. The Hall–Kier alpha value is -2.73. The molecular weight excluding hydrogens is 484 g/mol. The molecule has 3 fully saturated rings. The minimum Gasteiger partial charge on any atom is -0.393 e. The molecule has 3 aliphatic heterocycles. The van der Waals surface area contributed by atoms with Crippen LogP contribution in [-0.4, -0.2) is 74.4 Å². The highest BCUT2D eigenvalue weighted by molar-refractivity contribution is 7.99. The van der Waals surface area contributed by atoms with Crippen LogP contribution in [-0.2, 0) is 14.3 Å². The number of fused-ring (bicyclic) bond motifs is 7. The average molecular weight is 513 g/mol. The smallest absolute Gasteiger partial charge is 0.278 e. The van der Waals surface area contributed by atoms with E-state index < -0.39 is 47.5 Å². The zero-order valence-electron chi connectivity index (χ0n) is 19.6. The second-order valence-electron chi connectivity index (χ2n) is 9.68. The molecule has 3 aromatic rings. The second-order valence-corrected chi connectivity index (χ2v) is 10.8. The standard InChI is InChI=1S/C26H28N2O7S/c1-24(33,14-29)21(30)26-23(32)27-25(34,22(31)28-26)19(8-9-35-26)13-36-20-7-6-17-10-15-4-2-3-5-16(15)11-18(17)12-20/h2-7,10-12,19,21,29-30,33-34H,8-9,13-14H2,1H3,(H,27,32)(H,28,31)/t19?,21-,24+,25+,26-/m0/s1. The molecule has 0 radical (unpaired) electrons. The number of hydrogen-bond donors (Lipinski definition) is 6. The van der Waals surface area contributed by atoms with Crippen LogP contribution in [0, 0.1) is 5.92 Å². The van der Waals surface area contributed by atoms with E-state index in [0.29, 0.717) is 5.75 Å². The van der Waals surface area contributed by atoms with Crippen molar-refractivity contribution in [3.63, 3.8) is 0 Å². The van der Waals surface area contributed by atoms with Crippen LogP contribution < -0.4 is 10.6 Å².